The van der Waals surface area contributed by atoms with Crippen molar-refractivity contribution in [2.24, 2.45) is 0 Å². The SMILES string of the molecule is COc1ccccc1C(CNC(=O)Cc1coc2ccc3ccccc3c12)N(C)C. The fourth-order valence-corrected chi connectivity index (χ4v) is 3.96. The van der Waals surface area contributed by atoms with Gasteiger partial charge in [-0.15, -0.1) is 0 Å². The molecule has 1 aromatic heterocycles. The summed E-state index contributed by atoms with van der Waals surface area (Å²) in [7, 11) is 5.66. The van der Waals surface area contributed by atoms with Crippen LogP contribution >= 0.6 is 0 Å². The van der Waals surface area contributed by atoms with Gasteiger partial charge in [0.05, 0.1) is 25.8 Å². The van der Waals surface area contributed by atoms with Crippen molar-refractivity contribution in [1.82, 2.24) is 10.2 Å². The summed E-state index contributed by atoms with van der Waals surface area (Å²) in [5.74, 6) is 0.783. The molecule has 4 aromatic rings. The van der Waals surface area contributed by atoms with E-state index in [1.165, 1.54) is 0 Å². The monoisotopic (exact) mass is 402 g/mol. The Morgan fingerprint density at radius 2 is 1.83 bits per heavy atom. The number of fused-ring (bicyclic) bond motifs is 3. The number of nitrogens with one attached hydrogen (secondary N) is 1. The lowest BCUT2D eigenvalue weighted by Gasteiger charge is -2.26. The third-order valence-corrected chi connectivity index (χ3v) is 5.50. The van der Waals surface area contributed by atoms with Gasteiger partial charge in [0.2, 0.25) is 5.91 Å². The van der Waals surface area contributed by atoms with Gasteiger partial charge in [-0.05, 0) is 37.0 Å². The minimum Gasteiger partial charge on any atom is -0.496 e. The summed E-state index contributed by atoms with van der Waals surface area (Å²) in [5.41, 5.74) is 2.75. The van der Waals surface area contributed by atoms with Crippen molar-refractivity contribution in [3.63, 3.8) is 0 Å². The van der Waals surface area contributed by atoms with Crippen LogP contribution in [0.1, 0.15) is 17.2 Å². The number of benzene rings is 3. The Bertz CT molecular complexity index is 1180. The number of nitrogens with zero attached hydrogens (tertiary/aromatic N) is 1. The number of likely N-dealkylation sites (N-methyl/N-ethyl adjacent to an activating group) is 1. The van der Waals surface area contributed by atoms with Gasteiger partial charge in [0, 0.05) is 23.1 Å². The normalized spacial score (nSPS) is 12.4. The van der Waals surface area contributed by atoms with Crippen LogP contribution in [0.5, 0.6) is 5.75 Å². The predicted molar refractivity (Wildman–Crippen MR) is 120 cm³/mol. The lowest BCUT2D eigenvalue weighted by Crippen LogP contribution is -2.35. The Hall–Kier alpha value is -3.31. The van der Waals surface area contributed by atoms with Crippen molar-refractivity contribution in [2.75, 3.05) is 27.7 Å². The van der Waals surface area contributed by atoms with Crippen LogP contribution in [-0.2, 0) is 11.2 Å². The molecule has 5 nitrogen and oxygen atoms in total. The molecule has 0 bridgehead atoms. The van der Waals surface area contributed by atoms with Crippen molar-refractivity contribution >= 4 is 27.6 Å². The van der Waals surface area contributed by atoms with E-state index in [1.54, 1.807) is 13.4 Å². The van der Waals surface area contributed by atoms with E-state index in [9.17, 15) is 4.79 Å². The summed E-state index contributed by atoms with van der Waals surface area (Å²) in [6.45, 7) is 0.489. The quantitative estimate of drug-likeness (QED) is 0.493. The van der Waals surface area contributed by atoms with Crippen LogP contribution in [0, 0.1) is 0 Å². The first kappa shape index (κ1) is 20.0. The van der Waals surface area contributed by atoms with Gasteiger partial charge in [-0.25, -0.2) is 0 Å². The van der Waals surface area contributed by atoms with E-state index in [2.05, 4.69) is 22.3 Å². The highest BCUT2D eigenvalue weighted by Crippen LogP contribution is 2.30. The summed E-state index contributed by atoms with van der Waals surface area (Å²) >= 11 is 0. The number of hydrogen-bond donors (Lipinski definition) is 1. The molecule has 154 valence electrons. The van der Waals surface area contributed by atoms with Crippen LogP contribution < -0.4 is 10.1 Å². The number of rotatable bonds is 7. The Kier molecular flexibility index (Phi) is 5.72. The number of para-hydroxylation sites is 1. The molecule has 5 heteroatoms. The third kappa shape index (κ3) is 3.89. The lowest BCUT2D eigenvalue weighted by atomic mass is 10.0. The highest BCUT2D eigenvalue weighted by atomic mass is 16.5. The van der Waals surface area contributed by atoms with Crippen LogP contribution in [0.3, 0.4) is 0 Å². The molecule has 0 aliphatic rings. The van der Waals surface area contributed by atoms with Crippen molar-refractivity contribution in [1.29, 1.82) is 0 Å². The fourth-order valence-electron chi connectivity index (χ4n) is 3.96. The third-order valence-electron chi connectivity index (χ3n) is 5.50. The van der Waals surface area contributed by atoms with Crippen molar-refractivity contribution in [3.8, 4) is 5.75 Å². The highest BCUT2D eigenvalue weighted by molar-refractivity contribution is 6.08. The van der Waals surface area contributed by atoms with Crippen LogP contribution in [0.2, 0.25) is 0 Å². The van der Waals surface area contributed by atoms with Gasteiger partial charge in [0.1, 0.15) is 11.3 Å². The van der Waals surface area contributed by atoms with E-state index in [0.717, 1.165) is 38.6 Å². The average Bonchev–Trinajstić information content (AvgIpc) is 3.17. The van der Waals surface area contributed by atoms with E-state index in [0.29, 0.717) is 6.54 Å². The number of carbonyl (C=O) groups is 1. The molecule has 3 aromatic carbocycles. The minimum absolute atomic E-state index is 0.00650. The first-order chi connectivity index (χ1) is 14.6. The smallest absolute Gasteiger partial charge is 0.224 e. The van der Waals surface area contributed by atoms with Gasteiger partial charge in [-0.1, -0.05) is 48.5 Å². The fraction of sp³-hybridized carbons (Fsp3) is 0.240. The first-order valence-corrected chi connectivity index (χ1v) is 10.0. The Morgan fingerprint density at radius 3 is 2.63 bits per heavy atom. The maximum Gasteiger partial charge on any atom is 0.224 e. The molecule has 1 heterocycles. The Morgan fingerprint density at radius 1 is 1.07 bits per heavy atom. The summed E-state index contributed by atoms with van der Waals surface area (Å²) in [4.78, 5) is 14.9. The second-order valence-corrected chi connectivity index (χ2v) is 7.62. The van der Waals surface area contributed by atoms with Crippen LogP contribution in [0.15, 0.2) is 71.3 Å². The summed E-state index contributed by atoms with van der Waals surface area (Å²) in [5, 5.41) is 6.34. The molecule has 0 saturated carbocycles. The van der Waals surface area contributed by atoms with Gasteiger partial charge in [0.25, 0.3) is 0 Å². The van der Waals surface area contributed by atoms with Crippen LogP contribution in [0.25, 0.3) is 21.7 Å². The minimum atomic E-state index is -0.0348. The van der Waals surface area contributed by atoms with E-state index < -0.39 is 0 Å². The van der Waals surface area contributed by atoms with Crippen molar-refractivity contribution < 1.29 is 13.9 Å². The van der Waals surface area contributed by atoms with Crippen LogP contribution in [-0.4, -0.2) is 38.6 Å². The maximum atomic E-state index is 12.8. The molecule has 0 radical (unpaired) electrons. The average molecular weight is 402 g/mol. The Labute approximate surface area is 176 Å². The topological polar surface area (TPSA) is 54.7 Å². The largest absolute Gasteiger partial charge is 0.496 e. The van der Waals surface area contributed by atoms with E-state index in [4.69, 9.17) is 9.15 Å². The number of amides is 1. The maximum absolute atomic E-state index is 12.8. The molecule has 30 heavy (non-hydrogen) atoms. The standard InChI is InChI=1S/C25H26N2O3/c1-27(2)21(20-10-6-7-11-22(20)29-3)15-26-24(28)14-18-16-30-23-13-12-17-8-4-5-9-19(17)25(18)23/h4-13,16,21H,14-15H2,1-3H3,(H,26,28). The molecular formula is C25H26N2O3. The lowest BCUT2D eigenvalue weighted by molar-refractivity contribution is -0.120. The second kappa shape index (κ2) is 8.59. The summed E-state index contributed by atoms with van der Waals surface area (Å²) < 4.78 is 11.2. The zero-order chi connectivity index (χ0) is 21.1. The number of furan rings is 1. The molecule has 0 aliphatic carbocycles. The first-order valence-electron chi connectivity index (χ1n) is 10.0. The molecule has 4 rings (SSSR count). The molecule has 1 unspecified atom stereocenters. The number of hydrogen-bond acceptors (Lipinski definition) is 4. The molecule has 0 saturated heterocycles. The van der Waals surface area contributed by atoms with Crippen molar-refractivity contribution in [2.45, 2.75) is 12.5 Å². The van der Waals surface area contributed by atoms with Gasteiger partial charge in [-0.3, -0.25) is 4.79 Å². The number of ether oxygens (including phenoxy) is 1. The molecular weight excluding hydrogens is 376 g/mol. The van der Waals surface area contributed by atoms with Gasteiger partial charge >= 0.3 is 0 Å². The predicted octanol–water partition coefficient (Wildman–Crippen LogP) is 4.56. The Balaban J connectivity index is 1.53. The van der Waals surface area contributed by atoms with Crippen molar-refractivity contribution in [3.05, 3.63) is 78.1 Å². The highest BCUT2D eigenvalue weighted by Gasteiger charge is 2.20. The molecule has 1 amide bonds. The van der Waals surface area contributed by atoms with E-state index >= 15 is 0 Å². The molecule has 0 fully saturated rings. The summed E-state index contributed by atoms with van der Waals surface area (Å²) in [6.07, 6.45) is 1.97. The molecule has 0 aliphatic heterocycles. The van der Waals surface area contributed by atoms with Gasteiger partial charge in [0.15, 0.2) is 0 Å². The second-order valence-electron chi connectivity index (χ2n) is 7.62. The van der Waals surface area contributed by atoms with Gasteiger partial charge < -0.3 is 19.4 Å². The molecule has 1 atom stereocenters. The number of carbonyl (C=O) groups excluding carboxylic acids is 1. The zero-order valence-corrected chi connectivity index (χ0v) is 17.5. The molecule has 0 spiro atoms. The van der Waals surface area contributed by atoms with E-state index in [1.807, 2.05) is 62.6 Å². The van der Waals surface area contributed by atoms with Gasteiger partial charge in [-0.2, -0.15) is 0 Å². The van der Waals surface area contributed by atoms with Crippen LogP contribution in [0.4, 0.5) is 0 Å². The van der Waals surface area contributed by atoms with E-state index in [-0.39, 0.29) is 18.4 Å². The zero-order valence-electron chi connectivity index (χ0n) is 17.5. The molecule has 1 N–H and O–H groups in total. The number of methoxy groups -OCH3 is 1. The summed E-state index contributed by atoms with van der Waals surface area (Å²) in [6, 6.07) is 20.1.